The van der Waals surface area contributed by atoms with Crippen LogP contribution in [0.25, 0.3) is 0 Å². The average molecular weight is 253 g/mol. The first-order valence-electron chi connectivity index (χ1n) is 5.59. The maximum atomic E-state index is 11.3. The lowest BCUT2D eigenvalue weighted by molar-refractivity contribution is 0.0953. The molecular weight excluding hydrogens is 234 g/mol. The van der Waals surface area contributed by atoms with Gasteiger partial charge in [0.25, 0.3) is 5.91 Å². The van der Waals surface area contributed by atoms with E-state index in [0.717, 1.165) is 17.7 Å². The summed E-state index contributed by atoms with van der Waals surface area (Å²) in [4.78, 5) is 11.3. The zero-order valence-corrected chi connectivity index (χ0v) is 10.8. The third kappa shape index (κ3) is 4.77. The fourth-order valence-corrected chi connectivity index (χ4v) is 2.40. The Morgan fingerprint density at radius 3 is 2.94 bits per heavy atom. The molecule has 17 heavy (non-hydrogen) atoms. The number of carbonyl (C=O) groups is 1. The molecule has 0 heterocycles. The lowest BCUT2D eigenvalue weighted by atomic mass is 10.1. The molecular formula is C12H19N3OS. The van der Waals surface area contributed by atoms with Crippen molar-refractivity contribution >= 4 is 17.7 Å². The minimum Gasteiger partial charge on any atom is -0.330 e. The summed E-state index contributed by atoms with van der Waals surface area (Å²) in [5.74, 6) is 5.72. The van der Waals surface area contributed by atoms with Crippen molar-refractivity contribution in [3.63, 3.8) is 0 Å². The molecule has 0 bridgehead atoms. The van der Waals surface area contributed by atoms with Crippen LogP contribution in [-0.4, -0.2) is 17.7 Å². The maximum absolute atomic E-state index is 11.3. The molecule has 1 atom stereocenters. The molecule has 5 heteroatoms. The van der Waals surface area contributed by atoms with Gasteiger partial charge in [0.05, 0.1) is 0 Å². The maximum Gasteiger partial charge on any atom is 0.265 e. The van der Waals surface area contributed by atoms with Crippen molar-refractivity contribution in [3.8, 4) is 0 Å². The highest BCUT2D eigenvalue weighted by Gasteiger charge is 2.06. The van der Waals surface area contributed by atoms with E-state index in [1.807, 2.05) is 30.0 Å². The highest BCUT2D eigenvalue weighted by molar-refractivity contribution is 7.99. The summed E-state index contributed by atoms with van der Waals surface area (Å²) in [6.45, 7) is 2.87. The van der Waals surface area contributed by atoms with E-state index in [4.69, 9.17) is 11.6 Å². The number of thioether (sulfide) groups is 1. The Labute approximate surface area is 106 Å². The molecule has 0 spiro atoms. The van der Waals surface area contributed by atoms with Crippen LogP contribution in [0.1, 0.15) is 29.3 Å². The molecule has 1 unspecified atom stereocenters. The Balaban J connectivity index is 2.57. The van der Waals surface area contributed by atoms with Crippen molar-refractivity contribution in [1.82, 2.24) is 5.43 Å². The minimum atomic E-state index is -0.258. The van der Waals surface area contributed by atoms with E-state index in [0.29, 0.717) is 17.4 Å². The summed E-state index contributed by atoms with van der Waals surface area (Å²) in [5.41, 5.74) is 9.35. The summed E-state index contributed by atoms with van der Waals surface area (Å²) in [6.07, 6.45) is 1.01. The van der Waals surface area contributed by atoms with E-state index in [1.165, 1.54) is 0 Å². The van der Waals surface area contributed by atoms with Gasteiger partial charge in [0.15, 0.2) is 0 Å². The molecule has 1 rings (SSSR count). The van der Waals surface area contributed by atoms with Gasteiger partial charge in [-0.05, 0) is 30.7 Å². The molecule has 4 nitrogen and oxygen atoms in total. The molecule has 0 aromatic heterocycles. The van der Waals surface area contributed by atoms with Crippen LogP contribution in [0.2, 0.25) is 0 Å². The number of nitrogen functional groups attached to an aromatic ring is 1. The van der Waals surface area contributed by atoms with Crippen LogP contribution in [0, 0.1) is 0 Å². The topological polar surface area (TPSA) is 81.1 Å². The Bertz CT molecular complexity index is 371. The summed E-state index contributed by atoms with van der Waals surface area (Å²) < 4.78 is 0. The number of hydrazine groups is 1. The first-order valence-corrected chi connectivity index (χ1v) is 6.63. The Morgan fingerprint density at radius 2 is 2.29 bits per heavy atom. The van der Waals surface area contributed by atoms with Gasteiger partial charge < -0.3 is 5.73 Å². The van der Waals surface area contributed by atoms with E-state index in [1.54, 1.807) is 6.07 Å². The number of amides is 1. The van der Waals surface area contributed by atoms with Crippen LogP contribution < -0.4 is 17.0 Å². The fourth-order valence-electron chi connectivity index (χ4n) is 1.44. The van der Waals surface area contributed by atoms with Crippen LogP contribution in [0.15, 0.2) is 24.3 Å². The van der Waals surface area contributed by atoms with Crippen molar-refractivity contribution in [2.24, 2.45) is 11.6 Å². The van der Waals surface area contributed by atoms with Gasteiger partial charge in [-0.2, -0.15) is 11.8 Å². The van der Waals surface area contributed by atoms with Crippen LogP contribution in [0.4, 0.5) is 0 Å². The standard InChI is InChI=1S/C12H19N3OS/c1-9(5-6-13)17-8-10-3-2-4-11(7-10)12(16)15-14/h2-4,7,9H,5-6,8,13-14H2,1H3,(H,15,16). The number of benzene rings is 1. The van der Waals surface area contributed by atoms with Gasteiger partial charge in [-0.3, -0.25) is 10.2 Å². The Hall–Kier alpha value is -1.04. The number of hydrogen-bond acceptors (Lipinski definition) is 4. The number of hydrogen-bond donors (Lipinski definition) is 3. The second-order valence-corrected chi connectivity index (χ2v) is 5.30. The van der Waals surface area contributed by atoms with Crippen molar-refractivity contribution in [3.05, 3.63) is 35.4 Å². The predicted octanol–water partition coefficient (Wildman–Crippen LogP) is 1.26. The SMILES string of the molecule is CC(CCN)SCc1cccc(C(=O)NN)c1. The highest BCUT2D eigenvalue weighted by atomic mass is 32.2. The van der Waals surface area contributed by atoms with Crippen molar-refractivity contribution in [1.29, 1.82) is 0 Å². The van der Waals surface area contributed by atoms with E-state index < -0.39 is 0 Å². The van der Waals surface area contributed by atoms with Gasteiger partial charge in [0.2, 0.25) is 0 Å². The van der Waals surface area contributed by atoms with Crippen LogP contribution in [0.3, 0.4) is 0 Å². The van der Waals surface area contributed by atoms with Crippen molar-refractivity contribution in [2.45, 2.75) is 24.3 Å². The molecule has 0 aliphatic carbocycles. The second kappa shape index (κ2) is 7.32. The van der Waals surface area contributed by atoms with Crippen LogP contribution in [0.5, 0.6) is 0 Å². The number of carbonyl (C=O) groups excluding carboxylic acids is 1. The van der Waals surface area contributed by atoms with Crippen molar-refractivity contribution in [2.75, 3.05) is 6.54 Å². The van der Waals surface area contributed by atoms with Gasteiger partial charge in [0, 0.05) is 16.6 Å². The molecule has 5 N–H and O–H groups in total. The molecule has 0 fully saturated rings. The smallest absolute Gasteiger partial charge is 0.265 e. The van der Waals surface area contributed by atoms with Gasteiger partial charge in [0.1, 0.15) is 0 Å². The van der Waals surface area contributed by atoms with Gasteiger partial charge in [-0.25, -0.2) is 5.84 Å². The van der Waals surface area contributed by atoms with Gasteiger partial charge in [-0.15, -0.1) is 0 Å². The van der Waals surface area contributed by atoms with Gasteiger partial charge >= 0.3 is 0 Å². The van der Waals surface area contributed by atoms with E-state index in [9.17, 15) is 4.79 Å². The average Bonchev–Trinajstić information content (AvgIpc) is 2.36. The van der Waals surface area contributed by atoms with Gasteiger partial charge in [-0.1, -0.05) is 19.1 Å². The molecule has 0 saturated carbocycles. The lowest BCUT2D eigenvalue weighted by Crippen LogP contribution is -2.29. The number of nitrogens with two attached hydrogens (primary N) is 2. The Morgan fingerprint density at radius 1 is 1.53 bits per heavy atom. The van der Waals surface area contributed by atoms with E-state index in [-0.39, 0.29) is 5.91 Å². The minimum absolute atomic E-state index is 0.258. The molecule has 1 aromatic carbocycles. The van der Waals surface area contributed by atoms with Crippen LogP contribution in [-0.2, 0) is 5.75 Å². The largest absolute Gasteiger partial charge is 0.330 e. The number of nitrogens with one attached hydrogen (secondary N) is 1. The molecule has 1 amide bonds. The van der Waals surface area contributed by atoms with Crippen molar-refractivity contribution < 1.29 is 4.79 Å². The summed E-state index contributed by atoms with van der Waals surface area (Å²) >= 11 is 1.84. The summed E-state index contributed by atoms with van der Waals surface area (Å²) in [6, 6.07) is 7.49. The molecule has 0 aliphatic rings. The quantitative estimate of drug-likeness (QED) is 0.405. The number of rotatable bonds is 6. The first-order chi connectivity index (χ1) is 8.17. The zero-order chi connectivity index (χ0) is 12.7. The second-order valence-electron chi connectivity index (χ2n) is 3.87. The van der Waals surface area contributed by atoms with E-state index in [2.05, 4.69) is 12.3 Å². The monoisotopic (exact) mass is 253 g/mol. The molecule has 94 valence electrons. The van der Waals surface area contributed by atoms with E-state index >= 15 is 0 Å². The third-order valence-electron chi connectivity index (χ3n) is 2.43. The zero-order valence-electron chi connectivity index (χ0n) is 9.98. The predicted molar refractivity (Wildman–Crippen MR) is 72.5 cm³/mol. The normalized spacial score (nSPS) is 12.2. The molecule has 1 aromatic rings. The fraction of sp³-hybridized carbons (Fsp3) is 0.417. The lowest BCUT2D eigenvalue weighted by Gasteiger charge is -2.10. The molecule has 0 saturated heterocycles. The Kier molecular flexibility index (Phi) is 6.04. The third-order valence-corrected chi connectivity index (χ3v) is 3.73. The molecule has 0 aliphatic heterocycles. The first kappa shape index (κ1) is 14.0. The highest BCUT2D eigenvalue weighted by Crippen LogP contribution is 2.20. The molecule has 0 radical (unpaired) electrons. The summed E-state index contributed by atoms with van der Waals surface area (Å²) in [5, 5.41) is 0.534. The summed E-state index contributed by atoms with van der Waals surface area (Å²) in [7, 11) is 0. The van der Waals surface area contributed by atoms with Crippen LogP contribution >= 0.6 is 11.8 Å².